The van der Waals surface area contributed by atoms with Gasteiger partial charge in [0.2, 0.25) is 21.8 Å². The number of aryl methyl sites for hydroxylation is 1. The lowest BCUT2D eigenvalue weighted by Crippen LogP contribution is -2.49. The zero-order valence-corrected chi connectivity index (χ0v) is 23.4. The van der Waals surface area contributed by atoms with E-state index < -0.39 is 16.1 Å². The predicted octanol–water partition coefficient (Wildman–Crippen LogP) is 4.77. The summed E-state index contributed by atoms with van der Waals surface area (Å²) in [6, 6.07) is 13.7. The zero-order chi connectivity index (χ0) is 26.9. The molecule has 0 aliphatic carbocycles. The van der Waals surface area contributed by atoms with E-state index in [2.05, 4.69) is 5.32 Å². The zero-order valence-electron chi connectivity index (χ0n) is 21.8. The number of nitrogens with one attached hydrogen (secondary N) is 1. The van der Waals surface area contributed by atoms with Crippen LogP contribution < -0.4 is 9.62 Å². The minimum Gasteiger partial charge on any atom is -0.354 e. The number of rotatable bonds is 13. The highest BCUT2D eigenvalue weighted by atomic mass is 35.5. The molecule has 0 radical (unpaired) electrons. The molecule has 0 fully saturated rings. The maximum Gasteiger partial charge on any atom is 0.242 e. The van der Waals surface area contributed by atoms with Gasteiger partial charge in [-0.05, 0) is 61.1 Å². The van der Waals surface area contributed by atoms with Crippen LogP contribution in [0.15, 0.2) is 48.5 Å². The van der Waals surface area contributed by atoms with Crippen LogP contribution in [0.5, 0.6) is 0 Å². The SMILES string of the molecule is CC[C@H](C(=O)NCC(C)C)N(Cc1ccccc1C)C(=O)CCCN(c1ccc(Cl)cc1)S(C)(=O)=O. The fourth-order valence-electron chi connectivity index (χ4n) is 3.92. The summed E-state index contributed by atoms with van der Waals surface area (Å²) in [5.74, 6) is -0.0664. The molecular weight excluding hydrogens is 498 g/mol. The summed E-state index contributed by atoms with van der Waals surface area (Å²) in [4.78, 5) is 28.1. The fraction of sp³-hybridized carbons (Fsp3) is 0.481. The third-order valence-corrected chi connectivity index (χ3v) is 7.39. The van der Waals surface area contributed by atoms with Crippen molar-refractivity contribution in [1.29, 1.82) is 0 Å². The van der Waals surface area contributed by atoms with Crippen LogP contribution in [0.25, 0.3) is 0 Å². The topological polar surface area (TPSA) is 86.8 Å². The molecule has 1 atom stereocenters. The molecule has 0 bridgehead atoms. The normalized spacial score (nSPS) is 12.3. The van der Waals surface area contributed by atoms with Gasteiger partial charge in [-0.2, -0.15) is 0 Å². The van der Waals surface area contributed by atoms with E-state index in [1.165, 1.54) is 4.31 Å². The van der Waals surface area contributed by atoms with Crippen molar-refractivity contribution in [2.75, 3.05) is 23.7 Å². The Hall–Kier alpha value is -2.58. The van der Waals surface area contributed by atoms with Crippen molar-refractivity contribution in [3.63, 3.8) is 0 Å². The molecule has 0 heterocycles. The van der Waals surface area contributed by atoms with Gasteiger partial charge < -0.3 is 10.2 Å². The van der Waals surface area contributed by atoms with E-state index in [1.807, 2.05) is 52.0 Å². The molecule has 9 heteroatoms. The first-order valence-electron chi connectivity index (χ1n) is 12.3. The van der Waals surface area contributed by atoms with Crippen molar-refractivity contribution >= 4 is 39.1 Å². The highest BCUT2D eigenvalue weighted by Gasteiger charge is 2.29. The molecule has 2 rings (SSSR count). The number of hydrogen-bond donors (Lipinski definition) is 1. The summed E-state index contributed by atoms with van der Waals surface area (Å²) in [6.07, 6.45) is 2.03. The van der Waals surface area contributed by atoms with Crippen LogP contribution in [0.4, 0.5) is 5.69 Å². The van der Waals surface area contributed by atoms with Crippen LogP contribution >= 0.6 is 11.6 Å². The molecule has 0 saturated carbocycles. The van der Waals surface area contributed by atoms with Gasteiger partial charge in [0.15, 0.2) is 0 Å². The van der Waals surface area contributed by atoms with Crippen LogP contribution in [0.1, 0.15) is 51.2 Å². The number of sulfonamides is 1. The van der Waals surface area contributed by atoms with E-state index in [0.717, 1.165) is 17.4 Å². The Balaban J connectivity index is 2.21. The van der Waals surface area contributed by atoms with Gasteiger partial charge in [-0.1, -0.05) is 56.6 Å². The van der Waals surface area contributed by atoms with Crippen molar-refractivity contribution in [1.82, 2.24) is 10.2 Å². The van der Waals surface area contributed by atoms with Gasteiger partial charge in [-0.15, -0.1) is 0 Å². The van der Waals surface area contributed by atoms with E-state index in [-0.39, 0.29) is 24.8 Å². The Kier molecular flexibility index (Phi) is 11.2. The second kappa shape index (κ2) is 13.7. The molecule has 36 heavy (non-hydrogen) atoms. The Morgan fingerprint density at radius 3 is 2.25 bits per heavy atom. The maximum absolute atomic E-state index is 13.5. The Labute approximate surface area is 220 Å². The van der Waals surface area contributed by atoms with Crippen molar-refractivity contribution in [3.05, 3.63) is 64.7 Å². The third-order valence-electron chi connectivity index (χ3n) is 5.94. The van der Waals surface area contributed by atoms with E-state index in [4.69, 9.17) is 11.6 Å². The van der Waals surface area contributed by atoms with E-state index >= 15 is 0 Å². The Morgan fingerprint density at radius 2 is 1.69 bits per heavy atom. The number of hydrogen-bond acceptors (Lipinski definition) is 4. The van der Waals surface area contributed by atoms with Gasteiger partial charge >= 0.3 is 0 Å². The lowest BCUT2D eigenvalue weighted by Gasteiger charge is -2.31. The van der Waals surface area contributed by atoms with Crippen LogP contribution in [-0.4, -0.2) is 50.5 Å². The molecule has 0 saturated heterocycles. The van der Waals surface area contributed by atoms with Gasteiger partial charge in [0.05, 0.1) is 11.9 Å². The number of anilines is 1. The summed E-state index contributed by atoms with van der Waals surface area (Å²) < 4.78 is 26.1. The number of carbonyl (C=O) groups is 2. The predicted molar refractivity (Wildman–Crippen MR) is 147 cm³/mol. The minimum atomic E-state index is -3.55. The van der Waals surface area contributed by atoms with Gasteiger partial charge in [-0.3, -0.25) is 13.9 Å². The van der Waals surface area contributed by atoms with Crippen LogP contribution in [0.2, 0.25) is 5.02 Å². The minimum absolute atomic E-state index is 0.111. The summed E-state index contributed by atoms with van der Waals surface area (Å²) in [6.45, 7) is 8.90. The van der Waals surface area contributed by atoms with Gasteiger partial charge in [0.1, 0.15) is 6.04 Å². The molecule has 2 aromatic rings. The van der Waals surface area contributed by atoms with Gasteiger partial charge in [0, 0.05) is 31.1 Å². The number of halogens is 1. The van der Waals surface area contributed by atoms with E-state index in [1.54, 1.807) is 29.2 Å². The first kappa shape index (κ1) is 29.6. The first-order chi connectivity index (χ1) is 16.9. The van der Waals surface area contributed by atoms with Crippen molar-refractivity contribution in [3.8, 4) is 0 Å². The largest absolute Gasteiger partial charge is 0.354 e. The molecule has 1 N–H and O–H groups in total. The molecule has 0 aliphatic heterocycles. The summed E-state index contributed by atoms with van der Waals surface area (Å²) in [7, 11) is -3.55. The molecule has 0 unspecified atom stereocenters. The average molecular weight is 536 g/mol. The van der Waals surface area contributed by atoms with Crippen molar-refractivity contribution in [2.24, 2.45) is 5.92 Å². The standard InChI is InChI=1S/C27H38ClN3O4S/c1-6-25(27(33)29-18-20(2)3)30(19-22-11-8-7-10-21(22)4)26(32)12-9-17-31(36(5,34)35)24-15-13-23(28)14-16-24/h7-8,10-11,13-16,20,25H,6,9,12,17-19H2,1-5H3,(H,29,33)/t25-/m1/s1. The number of nitrogens with zero attached hydrogens (tertiary/aromatic N) is 2. The molecule has 7 nitrogen and oxygen atoms in total. The smallest absolute Gasteiger partial charge is 0.242 e. The number of carbonyl (C=O) groups excluding carboxylic acids is 2. The summed E-state index contributed by atoms with van der Waals surface area (Å²) >= 11 is 5.95. The summed E-state index contributed by atoms with van der Waals surface area (Å²) in [5, 5.41) is 3.47. The van der Waals surface area contributed by atoms with E-state index in [9.17, 15) is 18.0 Å². The average Bonchev–Trinajstić information content (AvgIpc) is 2.81. The molecule has 0 spiro atoms. The number of benzene rings is 2. The highest BCUT2D eigenvalue weighted by molar-refractivity contribution is 7.92. The van der Waals surface area contributed by atoms with Crippen molar-refractivity contribution < 1.29 is 18.0 Å². The van der Waals surface area contributed by atoms with Gasteiger partial charge in [-0.25, -0.2) is 8.42 Å². The molecule has 0 aromatic heterocycles. The van der Waals surface area contributed by atoms with Crippen molar-refractivity contribution in [2.45, 2.75) is 59.5 Å². The molecule has 0 aliphatic rings. The summed E-state index contributed by atoms with van der Waals surface area (Å²) in [5.41, 5.74) is 2.50. The second-order valence-electron chi connectivity index (χ2n) is 9.43. The monoisotopic (exact) mass is 535 g/mol. The van der Waals surface area contributed by atoms with Gasteiger partial charge in [0.25, 0.3) is 0 Å². The van der Waals surface area contributed by atoms with E-state index in [0.29, 0.717) is 42.6 Å². The third kappa shape index (κ3) is 8.82. The Morgan fingerprint density at radius 1 is 1.06 bits per heavy atom. The highest BCUT2D eigenvalue weighted by Crippen LogP contribution is 2.22. The molecule has 2 aromatic carbocycles. The van der Waals surface area contributed by atoms with Crippen LogP contribution in [-0.2, 0) is 26.2 Å². The quantitative estimate of drug-likeness (QED) is 0.400. The lowest BCUT2D eigenvalue weighted by atomic mass is 10.0. The first-order valence-corrected chi connectivity index (χ1v) is 14.5. The molecule has 2 amide bonds. The fourth-order valence-corrected chi connectivity index (χ4v) is 5.02. The van der Waals surface area contributed by atoms with Crippen LogP contribution in [0, 0.1) is 12.8 Å². The lowest BCUT2D eigenvalue weighted by molar-refractivity contribution is -0.141. The van der Waals surface area contributed by atoms with Crippen LogP contribution in [0.3, 0.4) is 0 Å². The Bertz CT molecular complexity index is 1120. The second-order valence-corrected chi connectivity index (χ2v) is 11.8. The number of amides is 2. The molecule has 198 valence electrons. The molecular formula is C27H38ClN3O4S. The maximum atomic E-state index is 13.5.